The van der Waals surface area contributed by atoms with Crippen molar-refractivity contribution in [3.05, 3.63) is 22.3 Å². The van der Waals surface area contributed by atoms with Gasteiger partial charge >= 0.3 is 0 Å². The topological polar surface area (TPSA) is 17.3 Å². The van der Waals surface area contributed by atoms with E-state index in [1.54, 1.807) is 15.9 Å². The molecule has 0 bridgehead atoms. The first-order valence-electron chi connectivity index (χ1n) is 2.86. The molecule has 0 amide bonds. The zero-order valence-electron chi connectivity index (χ0n) is 5.34. The monoisotopic (exact) mass is 172 g/mol. The minimum absolute atomic E-state index is 0.688. The first-order chi connectivity index (χ1) is 4.79. The number of hydrogen-bond acceptors (Lipinski definition) is 2. The molecule has 10 heavy (non-hydrogen) atoms. The molecule has 2 aromatic heterocycles. The normalized spacial score (nSPS) is 11.0. The maximum Gasteiger partial charge on any atom is 0.142 e. The van der Waals surface area contributed by atoms with E-state index >= 15 is 0 Å². The van der Waals surface area contributed by atoms with Crippen LogP contribution in [-0.2, 0) is 0 Å². The van der Waals surface area contributed by atoms with Crippen molar-refractivity contribution in [3.8, 4) is 0 Å². The summed E-state index contributed by atoms with van der Waals surface area (Å²) in [4.78, 5) is 1.13. The van der Waals surface area contributed by atoms with Crippen molar-refractivity contribution in [2.75, 3.05) is 0 Å². The van der Waals surface area contributed by atoms with Gasteiger partial charge in [-0.25, -0.2) is 4.52 Å². The van der Waals surface area contributed by atoms with Gasteiger partial charge in [-0.3, -0.25) is 0 Å². The third kappa shape index (κ3) is 0.676. The molecule has 0 saturated carbocycles. The molecule has 0 atom stereocenters. The third-order valence-electron chi connectivity index (χ3n) is 1.37. The van der Waals surface area contributed by atoms with E-state index in [1.165, 1.54) is 5.56 Å². The van der Waals surface area contributed by atoms with E-state index in [4.69, 9.17) is 11.6 Å². The van der Waals surface area contributed by atoms with Gasteiger partial charge in [0.05, 0.1) is 6.20 Å². The Bertz CT molecular complexity index is 327. The lowest BCUT2D eigenvalue weighted by Gasteiger charge is -1.80. The van der Waals surface area contributed by atoms with Crippen molar-refractivity contribution in [2.45, 2.75) is 6.92 Å². The zero-order valence-corrected chi connectivity index (χ0v) is 6.91. The molecule has 0 saturated heterocycles. The Morgan fingerprint density at radius 3 is 3.20 bits per heavy atom. The number of aromatic nitrogens is 2. The van der Waals surface area contributed by atoms with Gasteiger partial charge in [0.2, 0.25) is 0 Å². The summed E-state index contributed by atoms with van der Waals surface area (Å²) < 4.78 is 1.74. The van der Waals surface area contributed by atoms with Gasteiger partial charge in [0, 0.05) is 10.9 Å². The van der Waals surface area contributed by atoms with E-state index in [9.17, 15) is 0 Å². The van der Waals surface area contributed by atoms with E-state index in [1.807, 2.05) is 18.5 Å². The van der Waals surface area contributed by atoms with Crippen LogP contribution in [0.2, 0.25) is 5.15 Å². The number of halogens is 1. The van der Waals surface area contributed by atoms with Gasteiger partial charge in [0.15, 0.2) is 0 Å². The van der Waals surface area contributed by atoms with Crippen LogP contribution in [0.1, 0.15) is 5.56 Å². The van der Waals surface area contributed by atoms with Crippen LogP contribution < -0.4 is 0 Å². The second-order valence-electron chi connectivity index (χ2n) is 2.10. The lowest BCUT2D eigenvalue weighted by Crippen LogP contribution is -1.78. The van der Waals surface area contributed by atoms with Crippen LogP contribution in [-0.4, -0.2) is 9.61 Å². The molecule has 0 fully saturated rings. The van der Waals surface area contributed by atoms with E-state index < -0.39 is 0 Å². The van der Waals surface area contributed by atoms with Gasteiger partial charge in [-0.1, -0.05) is 11.6 Å². The predicted molar refractivity (Wildman–Crippen MR) is 42.8 cm³/mol. The van der Waals surface area contributed by atoms with Crippen LogP contribution in [0.25, 0.3) is 4.83 Å². The molecule has 0 aliphatic carbocycles. The zero-order chi connectivity index (χ0) is 7.14. The summed E-state index contributed by atoms with van der Waals surface area (Å²) in [6.07, 6.45) is 1.82. The molecule has 0 N–H and O–H groups in total. The molecule has 2 nitrogen and oxygen atoms in total. The summed E-state index contributed by atoms with van der Waals surface area (Å²) >= 11 is 7.41. The van der Waals surface area contributed by atoms with Gasteiger partial charge in [0.1, 0.15) is 9.98 Å². The highest BCUT2D eigenvalue weighted by Crippen LogP contribution is 2.22. The number of aryl methyl sites for hydroxylation is 1. The van der Waals surface area contributed by atoms with Crippen molar-refractivity contribution in [1.82, 2.24) is 9.61 Å². The average Bonchev–Trinajstić information content (AvgIpc) is 2.41. The van der Waals surface area contributed by atoms with Crippen LogP contribution in [0, 0.1) is 6.92 Å². The van der Waals surface area contributed by atoms with Crippen LogP contribution in [0.3, 0.4) is 0 Å². The maximum atomic E-state index is 5.80. The molecular formula is C6H5ClN2S. The molecule has 0 radical (unpaired) electrons. The van der Waals surface area contributed by atoms with Gasteiger partial charge in [0.25, 0.3) is 0 Å². The van der Waals surface area contributed by atoms with Crippen molar-refractivity contribution in [1.29, 1.82) is 0 Å². The summed E-state index contributed by atoms with van der Waals surface area (Å²) in [6.45, 7) is 2.02. The molecule has 2 heterocycles. The molecule has 52 valence electrons. The minimum atomic E-state index is 0.688. The smallest absolute Gasteiger partial charge is 0.142 e. The van der Waals surface area contributed by atoms with E-state index in [-0.39, 0.29) is 0 Å². The molecule has 4 heteroatoms. The van der Waals surface area contributed by atoms with Crippen LogP contribution in [0.5, 0.6) is 0 Å². The van der Waals surface area contributed by atoms with E-state index in [0.717, 1.165) is 4.83 Å². The molecule has 2 rings (SSSR count). The SMILES string of the molecule is Cc1cnn2c(Cl)csc12. The maximum absolute atomic E-state index is 5.80. The Labute approximate surface area is 67.0 Å². The lowest BCUT2D eigenvalue weighted by atomic mass is 10.4. The Morgan fingerprint density at radius 1 is 1.70 bits per heavy atom. The number of fused-ring (bicyclic) bond motifs is 1. The number of rotatable bonds is 0. The summed E-state index contributed by atoms with van der Waals surface area (Å²) in [5, 5.41) is 6.65. The first-order valence-corrected chi connectivity index (χ1v) is 4.12. The standard InChI is InChI=1S/C6H5ClN2S/c1-4-2-8-9-5(7)3-10-6(4)9/h2-3H,1H3. The van der Waals surface area contributed by atoms with Crippen molar-refractivity contribution >= 4 is 27.8 Å². The highest BCUT2D eigenvalue weighted by Gasteiger charge is 2.03. The Kier molecular flexibility index (Phi) is 1.22. The quantitative estimate of drug-likeness (QED) is 0.597. The molecule has 0 aliphatic rings. The minimum Gasteiger partial charge on any atom is -0.211 e. The molecule has 0 unspecified atom stereocenters. The average molecular weight is 173 g/mol. The van der Waals surface area contributed by atoms with Gasteiger partial charge < -0.3 is 0 Å². The highest BCUT2D eigenvalue weighted by atomic mass is 35.5. The molecule has 2 aromatic rings. The highest BCUT2D eigenvalue weighted by molar-refractivity contribution is 7.16. The predicted octanol–water partition coefficient (Wildman–Crippen LogP) is 2.36. The largest absolute Gasteiger partial charge is 0.211 e. The Morgan fingerprint density at radius 2 is 2.50 bits per heavy atom. The second kappa shape index (κ2) is 1.97. The van der Waals surface area contributed by atoms with E-state index in [2.05, 4.69) is 5.10 Å². The molecule has 0 aliphatic heterocycles. The van der Waals surface area contributed by atoms with Crippen LogP contribution in [0.4, 0.5) is 0 Å². The van der Waals surface area contributed by atoms with Gasteiger partial charge in [-0.05, 0) is 6.92 Å². The first kappa shape index (κ1) is 6.19. The summed E-state index contributed by atoms with van der Waals surface area (Å²) in [6, 6.07) is 0. The summed E-state index contributed by atoms with van der Waals surface area (Å²) in [5.74, 6) is 0. The van der Waals surface area contributed by atoms with Crippen molar-refractivity contribution < 1.29 is 0 Å². The fraction of sp³-hybridized carbons (Fsp3) is 0.167. The second-order valence-corrected chi connectivity index (χ2v) is 3.35. The van der Waals surface area contributed by atoms with Gasteiger partial charge in [-0.2, -0.15) is 5.10 Å². The molecule has 0 aromatic carbocycles. The number of thiazole rings is 1. The Hall–Kier alpha value is -0.540. The third-order valence-corrected chi connectivity index (χ3v) is 2.82. The molecular weight excluding hydrogens is 168 g/mol. The van der Waals surface area contributed by atoms with Crippen molar-refractivity contribution in [2.24, 2.45) is 0 Å². The lowest BCUT2D eigenvalue weighted by molar-refractivity contribution is 0.978. The fourth-order valence-corrected chi connectivity index (χ4v) is 1.97. The van der Waals surface area contributed by atoms with Crippen LogP contribution >= 0.6 is 22.9 Å². The molecule has 0 spiro atoms. The number of nitrogens with zero attached hydrogens (tertiary/aromatic N) is 2. The number of hydrogen-bond donors (Lipinski definition) is 0. The van der Waals surface area contributed by atoms with Gasteiger partial charge in [-0.15, -0.1) is 11.3 Å². The summed E-state index contributed by atoms with van der Waals surface area (Å²) in [5.41, 5.74) is 1.18. The summed E-state index contributed by atoms with van der Waals surface area (Å²) in [7, 11) is 0. The fourth-order valence-electron chi connectivity index (χ4n) is 0.868. The Balaban J connectivity index is 2.95. The van der Waals surface area contributed by atoms with Crippen LogP contribution in [0.15, 0.2) is 11.6 Å². The van der Waals surface area contributed by atoms with Crippen molar-refractivity contribution in [3.63, 3.8) is 0 Å². The van der Waals surface area contributed by atoms with E-state index in [0.29, 0.717) is 5.15 Å².